The predicted molar refractivity (Wildman–Crippen MR) is 115 cm³/mol. The first-order valence-corrected chi connectivity index (χ1v) is 9.79. The first-order valence-electron chi connectivity index (χ1n) is 9.41. The van der Waals surface area contributed by atoms with E-state index in [-0.39, 0.29) is 11.7 Å². The molecule has 0 spiro atoms. The summed E-state index contributed by atoms with van der Waals surface area (Å²) >= 11 is 5.86. The molecule has 0 aliphatic carbocycles. The second kappa shape index (κ2) is 8.63. The lowest BCUT2D eigenvalue weighted by Gasteiger charge is -2.09. The van der Waals surface area contributed by atoms with Gasteiger partial charge in [-0.3, -0.25) is 9.36 Å². The highest BCUT2D eigenvalue weighted by atomic mass is 35.5. The Morgan fingerprint density at radius 3 is 2.40 bits per heavy atom. The number of amides is 1. The van der Waals surface area contributed by atoms with Gasteiger partial charge in [0.05, 0.1) is 11.0 Å². The number of hydrogen-bond donors (Lipinski definition) is 1. The number of aryl methyl sites for hydroxylation is 1. The number of nitrogens with one attached hydrogen (secondary N) is 1. The van der Waals surface area contributed by atoms with Gasteiger partial charge < -0.3 is 5.32 Å². The van der Waals surface area contributed by atoms with Crippen molar-refractivity contribution in [1.29, 1.82) is 0 Å². The Labute approximate surface area is 177 Å². The number of anilines is 1. The van der Waals surface area contributed by atoms with Gasteiger partial charge in [-0.1, -0.05) is 35.9 Å². The Morgan fingerprint density at radius 2 is 1.70 bits per heavy atom. The first kappa shape index (κ1) is 20.0. The summed E-state index contributed by atoms with van der Waals surface area (Å²) in [6.07, 6.45) is 0.921. The monoisotopic (exact) mass is 425 g/mol. The molecule has 7 heteroatoms. The third-order valence-electron chi connectivity index (χ3n) is 4.77. The van der Waals surface area contributed by atoms with Crippen LogP contribution in [0.4, 0.5) is 14.5 Å². The lowest BCUT2D eigenvalue weighted by molar-refractivity contribution is -0.116. The van der Waals surface area contributed by atoms with Crippen molar-refractivity contribution >= 4 is 34.2 Å². The third-order valence-corrected chi connectivity index (χ3v) is 5.02. The molecule has 4 nitrogen and oxygen atoms in total. The average molecular weight is 426 g/mol. The van der Waals surface area contributed by atoms with Gasteiger partial charge in [0, 0.05) is 22.7 Å². The van der Waals surface area contributed by atoms with Crippen LogP contribution in [0.2, 0.25) is 5.02 Å². The van der Waals surface area contributed by atoms with Gasteiger partial charge in [0.25, 0.3) is 0 Å². The number of benzene rings is 3. The number of carbonyl (C=O) groups excluding carboxylic acids is 1. The van der Waals surface area contributed by atoms with Gasteiger partial charge in [-0.2, -0.15) is 8.78 Å². The summed E-state index contributed by atoms with van der Waals surface area (Å²) < 4.78 is 28.2. The predicted octanol–water partition coefficient (Wildman–Crippen LogP) is 6.32. The fourth-order valence-corrected chi connectivity index (χ4v) is 3.41. The van der Waals surface area contributed by atoms with Gasteiger partial charge in [-0.25, -0.2) is 4.98 Å². The fourth-order valence-electron chi connectivity index (χ4n) is 3.28. The molecule has 0 aliphatic heterocycles. The lowest BCUT2D eigenvalue weighted by Crippen LogP contribution is -2.12. The largest absolute Gasteiger partial charge is 0.326 e. The highest BCUT2D eigenvalue weighted by Gasteiger charge is 2.18. The van der Waals surface area contributed by atoms with Crippen LogP contribution in [0, 0.1) is 0 Å². The molecule has 0 aliphatic rings. The van der Waals surface area contributed by atoms with Crippen molar-refractivity contribution in [3.63, 3.8) is 0 Å². The Balaban J connectivity index is 1.47. The summed E-state index contributed by atoms with van der Waals surface area (Å²) in [4.78, 5) is 16.6. The minimum absolute atomic E-state index is 0.127. The first-order chi connectivity index (χ1) is 14.5. The molecule has 0 radical (unpaired) electrons. The van der Waals surface area contributed by atoms with Crippen LogP contribution in [0.15, 0.2) is 72.8 Å². The van der Waals surface area contributed by atoms with Crippen molar-refractivity contribution in [2.24, 2.45) is 0 Å². The van der Waals surface area contributed by atoms with Crippen molar-refractivity contribution in [3.05, 3.63) is 83.4 Å². The molecule has 0 fully saturated rings. The van der Waals surface area contributed by atoms with Crippen molar-refractivity contribution in [2.75, 3.05) is 5.32 Å². The van der Waals surface area contributed by atoms with Gasteiger partial charge >= 0.3 is 6.55 Å². The van der Waals surface area contributed by atoms with Gasteiger partial charge in [0.1, 0.15) is 5.82 Å². The number of aromatic nitrogens is 2. The fraction of sp³-hybridized carbons (Fsp3) is 0.130. The van der Waals surface area contributed by atoms with E-state index >= 15 is 0 Å². The molecule has 1 amide bonds. The van der Waals surface area contributed by atoms with Gasteiger partial charge in [0.15, 0.2) is 0 Å². The molecule has 1 heterocycles. The van der Waals surface area contributed by atoms with Gasteiger partial charge in [-0.15, -0.1) is 0 Å². The maximum atomic E-state index is 13.6. The Morgan fingerprint density at radius 1 is 1.00 bits per heavy atom. The molecule has 30 heavy (non-hydrogen) atoms. The molecule has 4 rings (SSSR count). The molecule has 1 aromatic heterocycles. The number of hydrogen-bond acceptors (Lipinski definition) is 2. The van der Waals surface area contributed by atoms with Crippen LogP contribution in [0.25, 0.3) is 22.4 Å². The van der Waals surface area contributed by atoms with E-state index in [1.165, 1.54) is 0 Å². The summed E-state index contributed by atoms with van der Waals surface area (Å²) in [6.45, 7) is -2.71. The summed E-state index contributed by atoms with van der Waals surface area (Å²) in [5.41, 5.74) is 3.05. The number of carbonyl (C=O) groups is 1. The zero-order valence-corrected chi connectivity index (χ0v) is 16.6. The lowest BCUT2D eigenvalue weighted by atomic mass is 10.1. The minimum Gasteiger partial charge on any atom is -0.326 e. The Kier molecular flexibility index (Phi) is 5.77. The Bertz CT molecular complexity index is 1170. The molecule has 0 bridgehead atoms. The SMILES string of the molecule is O=C(CCc1ccc(Cl)cc1)Nc1ccc(-c2nc3ccccc3n2C(F)F)cc1. The quantitative estimate of drug-likeness (QED) is 0.392. The summed E-state index contributed by atoms with van der Waals surface area (Å²) in [6, 6.07) is 20.9. The molecular weight excluding hydrogens is 408 g/mol. The van der Waals surface area contributed by atoms with Crippen LogP contribution in [0.5, 0.6) is 0 Å². The molecule has 1 N–H and O–H groups in total. The van der Waals surface area contributed by atoms with Crippen molar-refractivity contribution < 1.29 is 13.6 Å². The van der Waals surface area contributed by atoms with Crippen LogP contribution in [-0.4, -0.2) is 15.5 Å². The average Bonchev–Trinajstić information content (AvgIpc) is 3.14. The van der Waals surface area contributed by atoms with E-state index in [0.29, 0.717) is 40.1 Å². The zero-order chi connectivity index (χ0) is 21.1. The minimum atomic E-state index is -2.71. The Hall–Kier alpha value is -3.25. The van der Waals surface area contributed by atoms with E-state index in [9.17, 15) is 13.6 Å². The van der Waals surface area contributed by atoms with Crippen molar-refractivity contribution in [3.8, 4) is 11.4 Å². The number of imidazole rings is 1. The third kappa shape index (κ3) is 4.33. The number of alkyl halides is 2. The van der Waals surface area contributed by atoms with Crippen LogP contribution >= 0.6 is 11.6 Å². The van der Waals surface area contributed by atoms with E-state index in [4.69, 9.17) is 11.6 Å². The zero-order valence-electron chi connectivity index (χ0n) is 15.9. The number of halogens is 3. The number of para-hydroxylation sites is 2. The highest BCUT2D eigenvalue weighted by Crippen LogP contribution is 2.30. The van der Waals surface area contributed by atoms with E-state index in [1.54, 1.807) is 60.7 Å². The second-order valence-corrected chi connectivity index (χ2v) is 7.26. The van der Waals surface area contributed by atoms with Crippen LogP contribution in [0.1, 0.15) is 18.5 Å². The molecular formula is C23H18ClF2N3O. The molecule has 3 aromatic carbocycles. The molecule has 0 atom stereocenters. The van der Waals surface area contributed by atoms with Crippen LogP contribution in [-0.2, 0) is 11.2 Å². The number of fused-ring (bicyclic) bond motifs is 1. The van der Waals surface area contributed by atoms with Crippen LogP contribution in [0.3, 0.4) is 0 Å². The van der Waals surface area contributed by atoms with E-state index in [1.807, 2.05) is 12.1 Å². The van der Waals surface area contributed by atoms with Gasteiger partial charge in [0.2, 0.25) is 5.91 Å². The standard InChI is InChI=1S/C23H18ClF2N3O/c24-17-10-5-15(6-11-17)7-14-21(30)27-18-12-8-16(9-13-18)22-28-19-3-1-2-4-20(19)29(22)23(25)26/h1-6,8-13,23H,7,14H2,(H,27,30). The number of rotatable bonds is 6. The van der Waals surface area contributed by atoms with Crippen LogP contribution < -0.4 is 5.32 Å². The normalized spacial score (nSPS) is 11.2. The topological polar surface area (TPSA) is 46.9 Å². The summed E-state index contributed by atoms with van der Waals surface area (Å²) in [5.74, 6) is 0.0596. The molecule has 0 saturated heterocycles. The number of nitrogens with zero attached hydrogens (tertiary/aromatic N) is 2. The summed E-state index contributed by atoms with van der Waals surface area (Å²) in [7, 11) is 0. The summed E-state index contributed by atoms with van der Waals surface area (Å²) in [5, 5.41) is 3.48. The molecule has 0 unspecified atom stereocenters. The molecule has 4 aromatic rings. The molecule has 0 saturated carbocycles. The van der Waals surface area contributed by atoms with E-state index < -0.39 is 6.55 Å². The second-order valence-electron chi connectivity index (χ2n) is 6.82. The smallest absolute Gasteiger partial charge is 0.320 e. The van der Waals surface area contributed by atoms with Crippen molar-refractivity contribution in [1.82, 2.24) is 9.55 Å². The van der Waals surface area contributed by atoms with Gasteiger partial charge in [-0.05, 0) is 60.5 Å². The molecule has 152 valence electrons. The maximum absolute atomic E-state index is 13.6. The highest BCUT2D eigenvalue weighted by molar-refractivity contribution is 6.30. The van der Waals surface area contributed by atoms with E-state index in [2.05, 4.69) is 10.3 Å². The maximum Gasteiger partial charge on any atom is 0.320 e. The van der Waals surface area contributed by atoms with E-state index in [0.717, 1.165) is 10.1 Å². The van der Waals surface area contributed by atoms with Crippen molar-refractivity contribution in [2.45, 2.75) is 19.4 Å².